The van der Waals surface area contributed by atoms with E-state index in [1.54, 1.807) is 11.3 Å². The van der Waals surface area contributed by atoms with Crippen molar-refractivity contribution in [3.63, 3.8) is 0 Å². The lowest BCUT2D eigenvalue weighted by Crippen LogP contribution is -1.93. The predicted octanol–water partition coefficient (Wildman–Crippen LogP) is 7.76. The lowest BCUT2D eigenvalue weighted by atomic mass is 10.1. The Labute approximate surface area is 174 Å². The second-order valence-corrected chi connectivity index (χ2v) is 9.23. The van der Waals surface area contributed by atoms with Gasteiger partial charge in [0.1, 0.15) is 0 Å². The van der Waals surface area contributed by atoms with Gasteiger partial charge in [0.25, 0.3) is 0 Å². The van der Waals surface area contributed by atoms with E-state index in [9.17, 15) is 0 Å². The van der Waals surface area contributed by atoms with Gasteiger partial charge in [0, 0.05) is 36.6 Å². The molecule has 0 unspecified atom stereocenters. The summed E-state index contributed by atoms with van der Waals surface area (Å²) >= 11 is 3.59. The molecule has 0 atom stereocenters. The van der Waals surface area contributed by atoms with E-state index in [2.05, 4.69) is 88.4 Å². The normalized spacial score (nSPS) is 12.1. The Kier molecular flexibility index (Phi) is 3.06. The molecule has 0 aliphatic carbocycles. The molecule has 2 nitrogen and oxygen atoms in total. The zero-order valence-corrected chi connectivity index (χ0v) is 16.9. The van der Waals surface area contributed by atoms with E-state index >= 15 is 0 Å². The Bertz CT molecular complexity index is 1720. The molecule has 0 aliphatic heterocycles. The zero-order valence-electron chi connectivity index (χ0n) is 15.3. The van der Waals surface area contributed by atoms with Gasteiger partial charge in [0.2, 0.25) is 0 Å². The van der Waals surface area contributed by atoms with Crippen LogP contribution in [0.1, 0.15) is 0 Å². The van der Waals surface area contributed by atoms with Gasteiger partial charge in [-0.2, -0.15) is 0 Å². The zero-order chi connectivity index (χ0) is 18.9. The number of benzene rings is 4. The first-order chi connectivity index (χ1) is 14.4. The molecular weight excluding hydrogens is 392 g/mol. The second-order valence-electron chi connectivity index (χ2n) is 7.29. The van der Waals surface area contributed by atoms with Gasteiger partial charge in [0.15, 0.2) is 0 Å². The van der Waals surface area contributed by atoms with Crippen LogP contribution in [-0.4, -0.2) is 9.55 Å². The van der Waals surface area contributed by atoms with Crippen molar-refractivity contribution in [1.29, 1.82) is 0 Å². The average molecular weight is 407 g/mol. The Morgan fingerprint density at radius 2 is 1.55 bits per heavy atom. The number of aromatic nitrogens is 2. The lowest BCUT2D eigenvalue weighted by Gasteiger charge is -2.08. The number of nitrogens with zero attached hydrogens (tertiary/aromatic N) is 2. The third-order valence-corrected chi connectivity index (χ3v) is 7.75. The summed E-state index contributed by atoms with van der Waals surface area (Å²) in [7, 11) is 0. The van der Waals surface area contributed by atoms with Crippen molar-refractivity contribution in [1.82, 2.24) is 9.55 Å². The molecule has 0 saturated carbocycles. The first-order valence-corrected chi connectivity index (χ1v) is 11.3. The van der Waals surface area contributed by atoms with Crippen molar-refractivity contribution in [3.05, 3.63) is 84.4 Å². The van der Waals surface area contributed by atoms with Crippen molar-refractivity contribution in [2.75, 3.05) is 0 Å². The Balaban J connectivity index is 1.69. The molecular formula is C25H14N2S2. The monoisotopic (exact) mass is 406 g/mol. The van der Waals surface area contributed by atoms with Gasteiger partial charge in [-0.25, -0.2) is 4.98 Å². The summed E-state index contributed by atoms with van der Waals surface area (Å²) in [6.07, 6.45) is 0. The molecule has 0 bridgehead atoms. The Hall–Kier alpha value is -3.21. The predicted molar refractivity (Wildman–Crippen MR) is 127 cm³/mol. The number of thiazole rings is 1. The molecule has 0 fully saturated rings. The van der Waals surface area contributed by atoms with Gasteiger partial charge in [-0.15, -0.1) is 22.7 Å². The highest BCUT2D eigenvalue weighted by Crippen LogP contribution is 2.43. The van der Waals surface area contributed by atoms with E-state index in [4.69, 9.17) is 0 Å². The van der Waals surface area contributed by atoms with E-state index in [-0.39, 0.29) is 0 Å². The van der Waals surface area contributed by atoms with Gasteiger partial charge < -0.3 is 4.57 Å². The van der Waals surface area contributed by atoms with E-state index < -0.39 is 0 Å². The number of rotatable bonds is 1. The van der Waals surface area contributed by atoms with Crippen LogP contribution in [0.5, 0.6) is 0 Å². The minimum atomic E-state index is 1.06. The van der Waals surface area contributed by atoms with Crippen LogP contribution in [0, 0.1) is 0 Å². The molecule has 7 rings (SSSR count). The van der Waals surface area contributed by atoms with Crippen LogP contribution in [0.3, 0.4) is 0 Å². The minimum absolute atomic E-state index is 1.06. The molecule has 4 aromatic carbocycles. The smallest absolute Gasteiger partial charge is 0.0813 e. The van der Waals surface area contributed by atoms with Crippen molar-refractivity contribution >= 4 is 74.9 Å². The van der Waals surface area contributed by atoms with Gasteiger partial charge >= 0.3 is 0 Å². The molecule has 4 heteroatoms. The van der Waals surface area contributed by atoms with Gasteiger partial charge in [0.05, 0.1) is 26.8 Å². The molecule has 0 radical (unpaired) electrons. The van der Waals surface area contributed by atoms with Crippen molar-refractivity contribution in [2.24, 2.45) is 0 Å². The molecule has 0 saturated heterocycles. The second kappa shape index (κ2) is 5.66. The van der Waals surface area contributed by atoms with Crippen LogP contribution in [-0.2, 0) is 0 Å². The van der Waals surface area contributed by atoms with E-state index in [0.29, 0.717) is 0 Å². The molecule has 136 valence electrons. The summed E-state index contributed by atoms with van der Waals surface area (Å²) in [5.41, 5.74) is 6.67. The van der Waals surface area contributed by atoms with Crippen molar-refractivity contribution in [3.8, 4) is 5.69 Å². The van der Waals surface area contributed by atoms with E-state index in [1.807, 2.05) is 16.8 Å². The molecule has 7 aromatic rings. The van der Waals surface area contributed by atoms with Gasteiger partial charge in [-0.05, 0) is 36.4 Å². The highest BCUT2D eigenvalue weighted by molar-refractivity contribution is 7.26. The standard InChI is InChI=1S/C25H14N2S2/c1-3-7-20-18(6-1)24-21(27(20)15-9-11-19-23(13-15)28-14-26-19)12-10-17-16-5-2-4-8-22(16)29-25(17)24/h1-14H. The van der Waals surface area contributed by atoms with Crippen LogP contribution >= 0.6 is 22.7 Å². The first kappa shape index (κ1) is 15.7. The molecule has 3 heterocycles. The SMILES string of the molecule is c1ccc2c(c1)sc1c2ccc2c1c1ccccc1n2-c1ccc2ncsc2c1. The topological polar surface area (TPSA) is 17.8 Å². The molecule has 0 aliphatic rings. The van der Waals surface area contributed by atoms with Crippen LogP contribution in [0.4, 0.5) is 0 Å². The van der Waals surface area contributed by atoms with Crippen LogP contribution in [0.15, 0.2) is 84.4 Å². The molecule has 29 heavy (non-hydrogen) atoms. The summed E-state index contributed by atoms with van der Waals surface area (Å²) in [6, 6.07) is 28.6. The Morgan fingerprint density at radius 1 is 0.690 bits per heavy atom. The maximum atomic E-state index is 4.44. The lowest BCUT2D eigenvalue weighted by molar-refractivity contribution is 1.19. The largest absolute Gasteiger partial charge is 0.309 e. The highest BCUT2D eigenvalue weighted by Gasteiger charge is 2.17. The van der Waals surface area contributed by atoms with Crippen molar-refractivity contribution in [2.45, 2.75) is 0 Å². The van der Waals surface area contributed by atoms with E-state index in [1.165, 1.54) is 52.4 Å². The molecule has 3 aromatic heterocycles. The Morgan fingerprint density at radius 3 is 2.52 bits per heavy atom. The summed E-state index contributed by atoms with van der Waals surface area (Å²) in [5.74, 6) is 0. The fourth-order valence-corrected chi connectivity index (χ4v) is 6.47. The quantitative estimate of drug-likeness (QED) is 0.272. The number of hydrogen-bond acceptors (Lipinski definition) is 3. The third-order valence-electron chi connectivity index (χ3n) is 5.75. The molecule has 0 amide bonds. The minimum Gasteiger partial charge on any atom is -0.309 e. The third kappa shape index (κ3) is 2.07. The number of thiophene rings is 1. The van der Waals surface area contributed by atoms with Crippen LogP contribution in [0.25, 0.3) is 57.9 Å². The van der Waals surface area contributed by atoms with Crippen molar-refractivity contribution < 1.29 is 0 Å². The molecule has 0 spiro atoms. The number of hydrogen-bond donors (Lipinski definition) is 0. The van der Waals surface area contributed by atoms with Gasteiger partial charge in [-0.3, -0.25) is 0 Å². The highest BCUT2D eigenvalue weighted by atomic mass is 32.1. The first-order valence-electron chi connectivity index (χ1n) is 9.55. The van der Waals surface area contributed by atoms with Crippen LogP contribution in [0.2, 0.25) is 0 Å². The fourth-order valence-electron chi connectivity index (χ4n) is 4.50. The average Bonchev–Trinajstić information content (AvgIpc) is 3.46. The maximum absolute atomic E-state index is 4.44. The summed E-state index contributed by atoms with van der Waals surface area (Å²) in [6.45, 7) is 0. The fraction of sp³-hybridized carbons (Fsp3) is 0. The summed E-state index contributed by atoms with van der Waals surface area (Å²) < 4.78 is 6.33. The van der Waals surface area contributed by atoms with E-state index in [0.717, 1.165) is 5.52 Å². The molecule has 0 N–H and O–H groups in total. The number of fused-ring (bicyclic) bond motifs is 8. The summed E-state index contributed by atoms with van der Waals surface area (Å²) in [4.78, 5) is 4.44. The maximum Gasteiger partial charge on any atom is 0.0813 e. The van der Waals surface area contributed by atoms with Crippen LogP contribution < -0.4 is 0 Å². The number of para-hydroxylation sites is 1. The van der Waals surface area contributed by atoms with Gasteiger partial charge in [-0.1, -0.05) is 42.5 Å². The summed E-state index contributed by atoms with van der Waals surface area (Å²) in [5, 5.41) is 5.35.